The highest BCUT2D eigenvalue weighted by Gasteiger charge is 2.23. The van der Waals surface area contributed by atoms with Gasteiger partial charge in [0.1, 0.15) is 17.9 Å². The van der Waals surface area contributed by atoms with Gasteiger partial charge in [0.2, 0.25) is 0 Å². The molecule has 3 N–H and O–H groups in total. The monoisotopic (exact) mass is 428 g/mol. The zero-order valence-corrected chi connectivity index (χ0v) is 17.3. The van der Waals surface area contributed by atoms with E-state index in [1.54, 1.807) is 0 Å². The molecule has 31 heavy (non-hydrogen) atoms. The Hall–Kier alpha value is -3.03. The van der Waals surface area contributed by atoms with E-state index in [1.165, 1.54) is 36.3 Å². The number of aliphatic hydroxyl groups excluding tert-OH is 1. The zero-order chi connectivity index (χ0) is 22.2. The van der Waals surface area contributed by atoms with Gasteiger partial charge in [-0.3, -0.25) is 4.79 Å². The van der Waals surface area contributed by atoms with E-state index >= 15 is 0 Å². The van der Waals surface area contributed by atoms with Crippen molar-refractivity contribution in [2.24, 2.45) is 0 Å². The number of hydrogen-bond acceptors (Lipinski definition) is 4. The molecule has 1 amide bonds. The molecule has 164 valence electrons. The highest BCUT2D eigenvalue weighted by Crippen LogP contribution is 2.13. The number of hydrogen-bond donors (Lipinski definition) is 3. The van der Waals surface area contributed by atoms with Crippen LogP contribution < -0.4 is 10.6 Å². The summed E-state index contributed by atoms with van der Waals surface area (Å²) < 4.78 is 32.1. The molecule has 1 aromatic heterocycles. The van der Waals surface area contributed by atoms with Crippen LogP contribution in [0.5, 0.6) is 0 Å². The minimum Gasteiger partial charge on any atom is -0.472 e. The maximum Gasteiger partial charge on any atom is 0.254 e. The average molecular weight is 428 g/mol. The number of amides is 1. The third kappa shape index (κ3) is 6.73. The van der Waals surface area contributed by atoms with Crippen molar-refractivity contribution in [3.8, 4) is 0 Å². The van der Waals surface area contributed by atoms with E-state index in [2.05, 4.69) is 29.7 Å². The van der Waals surface area contributed by atoms with Crippen LogP contribution in [0.4, 0.5) is 8.78 Å². The first kappa shape index (κ1) is 22.7. The van der Waals surface area contributed by atoms with E-state index < -0.39 is 29.7 Å². The van der Waals surface area contributed by atoms with Gasteiger partial charge in [-0.25, -0.2) is 8.78 Å². The number of halogens is 2. The molecule has 0 aliphatic carbocycles. The van der Waals surface area contributed by atoms with Gasteiger partial charge in [-0.2, -0.15) is 0 Å². The quantitative estimate of drug-likeness (QED) is 0.461. The second-order valence-electron chi connectivity index (χ2n) is 7.45. The predicted octanol–water partition coefficient (Wildman–Crippen LogP) is 3.61. The largest absolute Gasteiger partial charge is 0.472 e. The third-order valence-electron chi connectivity index (χ3n) is 5.02. The lowest BCUT2D eigenvalue weighted by Crippen LogP contribution is -2.48. The maximum absolute atomic E-state index is 13.6. The molecule has 0 aliphatic rings. The molecule has 2 atom stereocenters. The van der Waals surface area contributed by atoms with E-state index in [-0.39, 0.29) is 13.0 Å². The van der Waals surface area contributed by atoms with Crippen LogP contribution >= 0.6 is 0 Å². The summed E-state index contributed by atoms with van der Waals surface area (Å²) in [6.45, 7) is 2.81. The molecule has 0 fully saturated rings. The summed E-state index contributed by atoms with van der Waals surface area (Å²) in [5, 5.41) is 16.7. The topological polar surface area (TPSA) is 74.5 Å². The number of benzene rings is 2. The standard InChI is InChI=1S/C24H26F2N2O3/c1-2-16-4-3-5-17(8-16)13-27-14-23(29)22(28-24(30)19-6-7-31-15-19)11-18-9-20(25)12-21(26)10-18/h3-10,12,15,22-23,27,29H,2,11,13-14H2,1H3,(H,28,30)/t22-,23-/m0/s1. The molecule has 0 bridgehead atoms. The minimum atomic E-state index is -0.989. The smallest absolute Gasteiger partial charge is 0.254 e. The fourth-order valence-corrected chi connectivity index (χ4v) is 3.38. The second kappa shape index (κ2) is 10.8. The number of nitrogens with one attached hydrogen (secondary N) is 2. The molecular formula is C24H26F2N2O3. The fraction of sp³-hybridized carbons (Fsp3) is 0.292. The first-order valence-corrected chi connectivity index (χ1v) is 10.2. The summed E-state index contributed by atoms with van der Waals surface area (Å²) in [4.78, 5) is 12.5. The number of aliphatic hydroxyl groups is 1. The van der Waals surface area contributed by atoms with Crippen molar-refractivity contribution < 1.29 is 23.1 Å². The Morgan fingerprint density at radius 1 is 1.06 bits per heavy atom. The molecule has 0 spiro atoms. The molecule has 0 saturated carbocycles. The summed E-state index contributed by atoms with van der Waals surface area (Å²) in [5.74, 6) is -1.86. The van der Waals surface area contributed by atoms with Gasteiger partial charge in [-0.15, -0.1) is 0 Å². The Kier molecular flexibility index (Phi) is 7.92. The van der Waals surface area contributed by atoms with Gasteiger partial charge in [0.15, 0.2) is 0 Å². The fourth-order valence-electron chi connectivity index (χ4n) is 3.38. The van der Waals surface area contributed by atoms with Crippen LogP contribution in [0.15, 0.2) is 65.5 Å². The maximum atomic E-state index is 13.6. The van der Waals surface area contributed by atoms with E-state index in [0.29, 0.717) is 17.7 Å². The Bertz CT molecular complexity index is 972. The van der Waals surface area contributed by atoms with Gasteiger partial charge in [0.25, 0.3) is 5.91 Å². The van der Waals surface area contributed by atoms with E-state index in [9.17, 15) is 18.7 Å². The first-order valence-electron chi connectivity index (χ1n) is 10.2. The van der Waals surface area contributed by atoms with Crippen molar-refractivity contribution >= 4 is 5.91 Å². The van der Waals surface area contributed by atoms with Gasteiger partial charge in [-0.1, -0.05) is 31.2 Å². The lowest BCUT2D eigenvalue weighted by Gasteiger charge is -2.25. The van der Waals surface area contributed by atoms with Gasteiger partial charge in [0, 0.05) is 19.2 Å². The Morgan fingerprint density at radius 3 is 2.48 bits per heavy atom. The molecule has 5 nitrogen and oxygen atoms in total. The van der Waals surface area contributed by atoms with Crippen LogP contribution in [-0.2, 0) is 19.4 Å². The average Bonchev–Trinajstić information content (AvgIpc) is 3.28. The molecule has 0 saturated heterocycles. The molecule has 0 unspecified atom stereocenters. The van der Waals surface area contributed by atoms with Gasteiger partial charge < -0.3 is 20.2 Å². The summed E-state index contributed by atoms with van der Waals surface area (Å²) in [6.07, 6.45) is 2.67. The van der Waals surface area contributed by atoms with E-state index in [0.717, 1.165) is 18.1 Å². The Morgan fingerprint density at radius 2 is 1.81 bits per heavy atom. The number of aryl methyl sites for hydroxylation is 1. The number of furan rings is 1. The summed E-state index contributed by atoms with van der Waals surface area (Å²) in [6, 6.07) is 12.0. The SMILES string of the molecule is CCc1cccc(CNC[C@H](O)[C@H](Cc2cc(F)cc(F)c2)NC(=O)c2ccoc2)c1. The first-order chi connectivity index (χ1) is 14.9. The molecule has 1 heterocycles. The summed E-state index contributed by atoms with van der Waals surface area (Å²) in [5.41, 5.74) is 2.94. The van der Waals surface area contributed by atoms with E-state index in [4.69, 9.17) is 4.42 Å². The Balaban J connectivity index is 1.67. The van der Waals surface area contributed by atoms with Crippen LogP contribution in [0.3, 0.4) is 0 Å². The zero-order valence-electron chi connectivity index (χ0n) is 17.3. The number of carbonyl (C=O) groups is 1. The van der Waals surface area contributed by atoms with Crippen molar-refractivity contribution in [1.82, 2.24) is 10.6 Å². The Labute approximate surface area is 180 Å². The van der Waals surface area contributed by atoms with Gasteiger partial charge in [-0.05, 0) is 47.7 Å². The van der Waals surface area contributed by atoms with Crippen LogP contribution in [-0.4, -0.2) is 29.7 Å². The number of carbonyl (C=O) groups excluding carboxylic acids is 1. The molecule has 7 heteroatoms. The minimum absolute atomic E-state index is 0.0619. The van der Waals surface area contributed by atoms with Crippen LogP contribution in [0.1, 0.15) is 34.0 Å². The lowest BCUT2D eigenvalue weighted by atomic mass is 10.00. The molecule has 2 aromatic carbocycles. The van der Waals surface area contributed by atoms with Crippen molar-refractivity contribution in [3.63, 3.8) is 0 Å². The number of rotatable bonds is 10. The van der Waals surface area contributed by atoms with Crippen molar-refractivity contribution in [2.45, 2.75) is 38.5 Å². The summed E-state index contributed by atoms with van der Waals surface area (Å²) >= 11 is 0. The van der Waals surface area contributed by atoms with Crippen LogP contribution in [0.25, 0.3) is 0 Å². The third-order valence-corrected chi connectivity index (χ3v) is 5.02. The highest BCUT2D eigenvalue weighted by atomic mass is 19.1. The van der Waals surface area contributed by atoms with Crippen molar-refractivity contribution in [3.05, 3.63) is 94.9 Å². The molecule has 0 aliphatic heterocycles. The molecule has 3 aromatic rings. The predicted molar refractivity (Wildman–Crippen MR) is 114 cm³/mol. The highest BCUT2D eigenvalue weighted by molar-refractivity contribution is 5.94. The molecule has 3 rings (SSSR count). The molecule has 0 radical (unpaired) electrons. The summed E-state index contributed by atoms with van der Waals surface area (Å²) in [7, 11) is 0. The van der Waals surface area contributed by atoms with Crippen molar-refractivity contribution in [1.29, 1.82) is 0 Å². The molecular weight excluding hydrogens is 402 g/mol. The van der Waals surface area contributed by atoms with Crippen LogP contribution in [0.2, 0.25) is 0 Å². The van der Waals surface area contributed by atoms with Crippen molar-refractivity contribution in [2.75, 3.05) is 6.54 Å². The van der Waals surface area contributed by atoms with Gasteiger partial charge in [0.05, 0.1) is 24.0 Å². The van der Waals surface area contributed by atoms with E-state index in [1.807, 2.05) is 12.1 Å². The van der Waals surface area contributed by atoms with Gasteiger partial charge >= 0.3 is 0 Å². The lowest BCUT2D eigenvalue weighted by molar-refractivity contribution is 0.0829. The van der Waals surface area contributed by atoms with Crippen LogP contribution in [0, 0.1) is 11.6 Å². The second-order valence-corrected chi connectivity index (χ2v) is 7.45. The normalized spacial score (nSPS) is 13.0.